The van der Waals surface area contributed by atoms with E-state index >= 15 is 0 Å². The molecule has 0 aliphatic carbocycles. The monoisotopic (exact) mass is 244 g/mol. The van der Waals surface area contributed by atoms with Gasteiger partial charge in [-0.2, -0.15) is 0 Å². The van der Waals surface area contributed by atoms with Gasteiger partial charge in [0, 0.05) is 5.02 Å². The average Bonchev–Trinajstić information content (AvgIpc) is 2.74. The third kappa shape index (κ3) is 2.95. The number of hydrogen-bond acceptors (Lipinski definition) is 2. The van der Waals surface area contributed by atoms with E-state index in [4.69, 9.17) is 32.7 Å². The normalized spacial score (nSPS) is 18.4. The van der Waals surface area contributed by atoms with Crippen molar-refractivity contribution in [1.82, 2.24) is 0 Å². The lowest BCUT2D eigenvalue weighted by Gasteiger charge is -2.07. The highest BCUT2D eigenvalue weighted by molar-refractivity contribution is 6.32. The first kappa shape index (κ1) is 11.0. The minimum atomic E-state index is -0.414. The van der Waals surface area contributed by atoms with E-state index in [9.17, 15) is 0 Å². The van der Waals surface area contributed by atoms with Crippen molar-refractivity contribution in [2.45, 2.75) is 6.29 Å². The standard InChI is InChI=1S/C11H10Cl2O2/c12-9-3-1-8(2-4-9)7-10(13)11-14-5-6-15-11/h1-4,7,11H,5-6H2/b10-7-. The van der Waals surface area contributed by atoms with Gasteiger partial charge >= 0.3 is 0 Å². The SMILES string of the molecule is Cl/C(=C\c1ccc(Cl)cc1)C1OCCO1. The lowest BCUT2D eigenvalue weighted by atomic mass is 10.2. The largest absolute Gasteiger partial charge is 0.345 e. The van der Waals surface area contributed by atoms with Crippen molar-refractivity contribution in [2.75, 3.05) is 13.2 Å². The molecular weight excluding hydrogens is 235 g/mol. The van der Waals surface area contributed by atoms with Gasteiger partial charge in [0.15, 0.2) is 6.29 Å². The first-order valence-electron chi connectivity index (χ1n) is 4.61. The summed E-state index contributed by atoms with van der Waals surface area (Å²) in [5.74, 6) is 0. The zero-order valence-corrected chi connectivity index (χ0v) is 9.46. The maximum atomic E-state index is 6.04. The van der Waals surface area contributed by atoms with Gasteiger partial charge in [-0.3, -0.25) is 0 Å². The van der Waals surface area contributed by atoms with Gasteiger partial charge in [-0.05, 0) is 23.8 Å². The molecule has 0 unspecified atom stereocenters. The van der Waals surface area contributed by atoms with E-state index in [0.717, 1.165) is 5.56 Å². The van der Waals surface area contributed by atoms with E-state index in [1.54, 1.807) is 0 Å². The highest BCUT2D eigenvalue weighted by Crippen LogP contribution is 2.21. The first-order valence-corrected chi connectivity index (χ1v) is 5.37. The Hall–Kier alpha value is -0.540. The van der Waals surface area contributed by atoms with Gasteiger partial charge in [-0.25, -0.2) is 0 Å². The van der Waals surface area contributed by atoms with Crippen molar-refractivity contribution in [3.05, 3.63) is 39.9 Å². The first-order chi connectivity index (χ1) is 7.25. The second kappa shape index (κ2) is 4.99. The number of halogens is 2. The Kier molecular flexibility index (Phi) is 3.65. The van der Waals surface area contributed by atoms with Crippen LogP contribution in [0.3, 0.4) is 0 Å². The van der Waals surface area contributed by atoms with Crippen LogP contribution in [0.2, 0.25) is 5.02 Å². The topological polar surface area (TPSA) is 18.5 Å². The second-order valence-corrected chi connectivity index (χ2v) is 4.03. The zero-order chi connectivity index (χ0) is 10.7. The van der Waals surface area contributed by atoms with E-state index in [2.05, 4.69) is 0 Å². The molecule has 2 rings (SSSR count). The van der Waals surface area contributed by atoms with Crippen molar-refractivity contribution < 1.29 is 9.47 Å². The molecule has 0 atom stereocenters. The zero-order valence-electron chi connectivity index (χ0n) is 7.95. The molecule has 2 nitrogen and oxygen atoms in total. The molecular formula is C11H10Cl2O2. The minimum Gasteiger partial charge on any atom is -0.345 e. The third-order valence-electron chi connectivity index (χ3n) is 2.02. The van der Waals surface area contributed by atoms with Gasteiger partial charge in [0.1, 0.15) is 0 Å². The fourth-order valence-corrected chi connectivity index (χ4v) is 1.68. The Balaban J connectivity index is 2.11. The highest BCUT2D eigenvalue weighted by Gasteiger charge is 2.18. The van der Waals surface area contributed by atoms with Gasteiger partial charge in [-0.1, -0.05) is 35.3 Å². The molecule has 1 heterocycles. The van der Waals surface area contributed by atoms with E-state index in [-0.39, 0.29) is 0 Å². The molecule has 1 saturated heterocycles. The van der Waals surface area contributed by atoms with Crippen LogP contribution < -0.4 is 0 Å². The molecule has 1 aliphatic rings. The highest BCUT2D eigenvalue weighted by atomic mass is 35.5. The molecule has 15 heavy (non-hydrogen) atoms. The van der Waals surface area contributed by atoms with E-state index in [0.29, 0.717) is 23.3 Å². The maximum absolute atomic E-state index is 6.04. The molecule has 1 aliphatic heterocycles. The fraction of sp³-hybridized carbons (Fsp3) is 0.273. The predicted molar refractivity (Wildman–Crippen MR) is 61.0 cm³/mol. The molecule has 1 aromatic carbocycles. The Morgan fingerprint density at radius 2 is 1.80 bits per heavy atom. The van der Waals surface area contributed by atoms with E-state index in [1.165, 1.54) is 0 Å². The number of ether oxygens (including phenoxy) is 2. The summed E-state index contributed by atoms with van der Waals surface area (Å²) in [6.45, 7) is 1.19. The Labute approximate surface area is 98.4 Å². The van der Waals surface area contributed by atoms with Crippen LogP contribution in [-0.2, 0) is 9.47 Å². The number of benzene rings is 1. The summed E-state index contributed by atoms with van der Waals surface area (Å²) in [5.41, 5.74) is 0.975. The molecule has 0 spiro atoms. The van der Waals surface area contributed by atoms with E-state index in [1.807, 2.05) is 30.3 Å². The van der Waals surface area contributed by atoms with Crippen LogP contribution in [0.15, 0.2) is 29.3 Å². The molecule has 1 fully saturated rings. The summed E-state index contributed by atoms with van der Waals surface area (Å²) in [6.07, 6.45) is 1.40. The van der Waals surface area contributed by atoms with Gasteiger partial charge < -0.3 is 9.47 Å². The van der Waals surface area contributed by atoms with E-state index < -0.39 is 6.29 Å². The van der Waals surface area contributed by atoms with Gasteiger partial charge in [0.25, 0.3) is 0 Å². The van der Waals surface area contributed by atoms with Crippen LogP contribution >= 0.6 is 23.2 Å². The number of hydrogen-bond donors (Lipinski definition) is 0. The average molecular weight is 245 g/mol. The summed E-state index contributed by atoms with van der Waals surface area (Å²) < 4.78 is 10.5. The van der Waals surface area contributed by atoms with Crippen LogP contribution in [0, 0.1) is 0 Å². The van der Waals surface area contributed by atoms with Gasteiger partial charge in [0.05, 0.1) is 18.2 Å². The molecule has 0 N–H and O–H groups in total. The Morgan fingerprint density at radius 3 is 2.40 bits per heavy atom. The summed E-state index contributed by atoms with van der Waals surface area (Å²) in [6, 6.07) is 7.40. The van der Waals surface area contributed by atoms with Crippen LogP contribution in [0.4, 0.5) is 0 Å². The van der Waals surface area contributed by atoms with Crippen molar-refractivity contribution in [1.29, 1.82) is 0 Å². The van der Waals surface area contributed by atoms with Crippen molar-refractivity contribution in [3.8, 4) is 0 Å². The molecule has 1 aromatic rings. The Bertz CT molecular complexity index is 353. The molecule has 0 bridgehead atoms. The second-order valence-electron chi connectivity index (χ2n) is 3.15. The summed E-state index contributed by atoms with van der Waals surface area (Å²) in [5, 5.41) is 1.26. The van der Waals surface area contributed by atoms with Crippen LogP contribution in [0.1, 0.15) is 5.56 Å². The molecule has 0 amide bonds. The summed E-state index contributed by atoms with van der Waals surface area (Å²) in [4.78, 5) is 0. The third-order valence-corrected chi connectivity index (χ3v) is 2.56. The lowest BCUT2D eigenvalue weighted by molar-refractivity contribution is -0.00458. The van der Waals surface area contributed by atoms with Crippen molar-refractivity contribution in [2.24, 2.45) is 0 Å². The molecule has 0 saturated carbocycles. The fourth-order valence-electron chi connectivity index (χ4n) is 1.30. The molecule has 80 valence electrons. The maximum Gasteiger partial charge on any atom is 0.194 e. The minimum absolute atomic E-state index is 0.414. The molecule has 0 aromatic heterocycles. The predicted octanol–water partition coefficient (Wildman–Crippen LogP) is 3.29. The molecule has 0 radical (unpaired) electrons. The van der Waals surface area contributed by atoms with Crippen LogP contribution in [0.25, 0.3) is 6.08 Å². The lowest BCUT2D eigenvalue weighted by Crippen LogP contribution is -2.06. The Morgan fingerprint density at radius 1 is 1.20 bits per heavy atom. The van der Waals surface area contributed by atoms with Crippen LogP contribution in [-0.4, -0.2) is 19.5 Å². The van der Waals surface area contributed by atoms with Crippen molar-refractivity contribution in [3.63, 3.8) is 0 Å². The summed E-state index contributed by atoms with van der Waals surface area (Å²) >= 11 is 11.8. The quantitative estimate of drug-likeness (QED) is 0.795. The number of rotatable bonds is 2. The molecule has 4 heteroatoms. The van der Waals surface area contributed by atoms with Crippen LogP contribution in [0.5, 0.6) is 0 Å². The van der Waals surface area contributed by atoms with Gasteiger partial charge in [0.2, 0.25) is 0 Å². The van der Waals surface area contributed by atoms with Gasteiger partial charge in [-0.15, -0.1) is 0 Å². The summed E-state index contributed by atoms with van der Waals surface area (Å²) in [7, 11) is 0. The van der Waals surface area contributed by atoms with Crippen molar-refractivity contribution >= 4 is 29.3 Å². The smallest absolute Gasteiger partial charge is 0.194 e.